The first kappa shape index (κ1) is 15.8. The minimum atomic E-state index is -0.505. The Morgan fingerprint density at radius 1 is 1.19 bits per heavy atom. The van der Waals surface area contributed by atoms with Crippen molar-refractivity contribution in [1.29, 1.82) is 0 Å². The second-order valence-electron chi connectivity index (χ2n) is 5.79. The van der Waals surface area contributed by atoms with Crippen LogP contribution in [0.1, 0.15) is 38.4 Å². The zero-order valence-electron chi connectivity index (χ0n) is 12.6. The van der Waals surface area contributed by atoms with E-state index >= 15 is 0 Å². The summed E-state index contributed by atoms with van der Waals surface area (Å²) < 4.78 is 0. The summed E-state index contributed by atoms with van der Waals surface area (Å²) in [5.74, 6) is 0.291. The monoisotopic (exact) mass is 292 g/mol. The smallest absolute Gasteiger partial charge is 0.321 e. The third-order valence-electron chi connectivity index (χ3n) is 4.15. The minimum Gasteiger partial charge on any atom is -0.393 e. The number of urea groups is 1. The van der Waals surface area contributed by atoms with Gasteiger partial charge in [-0.25, -0.2) is 4.79 Å². The Labute approximate surface area is 125 Å². The van der Waals surface area contributed by atoms with Crippen LogP contribution in [0.2, 0.25) is 0 Å². The quantitative estimate of drug-likeness (QED) is 0.801. The zero-order chi connectivity index (χ0) is 15.4. The van der Waals surface area contributed by atoms with E-state index in [4.69, 9.17) is 0 Å². The van der Waals surface area contributed by atoms with Gasteiger partial charge in [0.2, 0.25) is 0 Å². The summed E-state index contributed by atoms with van der Waals surface area (Å²) >= 11 is 0. The zero-order valence-corrected chi connectivity index (χ0v) is 12.6. The van der Waals surface area contributed by atoms with Crippen LogP contribution in [0.25, 0.3) is 0 Å². The Hall–Kier alpha value is -1.59. The molecular weight excluding hydrogens is 268 g/mol. The maximum atomic E-state index is 12.2. The van der Waals surface area contributed by atoms with Crippen molar-refractivity contribution in [3.05, 3.63) is 29.8 Å². The summed E-state index contributed by atoms with van der Waals surface area (Å²) in [7, 11) is 0. The van der Waals surface area contributed by atoms with Crippen LogP contribution in [0.5, 0.6) is 0 Å². The Bertz CT molecular complexity index is 463. The van der Waals surface area contributed by atoms with Gasteiger partial charge < -0.3 is 20.4 Å². The average Bonchev–Trinajstić information content (AvgIpc) is 2.47. The van der Waals surface area contributed by atoms with Crippen molar-refractivity contribution >= 4 is 11.7 Å². The lowest BCUT2D eigenvalue weighted by Gasteiger charge is -2.33. The number of amides is 2. The highest BCUT2D eigenvalue weighted by molar-refractivity contribution is 5.89. The van der Waals surface area contributed by atoms with Crippen molar-refractivity contribution in [3.63, 3.8) is 0 Å². The van der Waals surface area contributed by atoms with Crippen molar-refractivity contribution < 1.29 is 15.0 Å². The number of benzene rings is 1. The lowest BCUT2D eigenvalue weighted by atomic mass is 9.92. The molecule has 0 bridgehead atoms. The number of likely N-dealkylation sites (tertiary alicyclic amines) is 1. The maximum Gasteiger partial charge on any atom is 0.321 e. The molecule has 1 saturated heterocycles. The van der Waals surface area contributed by atoms with Gasteiger partial charge >= 0.3 is 6.03 Å². The number of rotatable bonds is 3. The third-order valence-corrected chi connectivity index (χ3v) is 4.15. The molecule has 5 nitrogen and oxygen atoms in total. The molecule has 1 heterocycles. The van der Waals surface area contributed by atoms with E-state index in [2.05, 4.69) is 5.32 Å². The molecule has 1 fully saturated rings. The van der Waals surface area contributed by atoms with E-state index in [-0.39, 0.29) is 12.1 Å². The molecule has 2 rings (SSSR count). The number of aliphatic hydroxyl groups is 2. The number of hydrogen-bond acceptors (Lipinski definition) is 3. The van der Waals surface area contributed by atoms with Crippen LogP contribution < -0.4 is 5.32 Å². The maximum absolute atomic E-state index is 12.2. The van der Waals surface area contributed by atoms with Crippen molar-refractivity contribution in [3.8, 4) is 0 Å². The van der Waals surface area contributed by atoms with Crippen molar-refractivity contribution in [2.24, 2.45) is 5.92 Å². The van der Waals surface area contributed by atoms with Gasteiger partial charge in [-0.05, 0) is 50.3 Å². The van der Waals surface area contributed by atoms with Crippen LogP contribution in [-0.4, -0.2) is 40.3 Å². The summed E-state index contributed by atoms with van der Waals surface area (Å²) in [5.41, 5.74) is 1.55. The Morgan fingerprint density at radius 3 is 2.24 bits per heavy atom. The number of piperidine rings is 1. The number of hydrogen-bond donors (Lipinski definition) is 3. The fourth-order valence-electron chi connectivity index (χ4n) is 2.63. The van der Waals surface area contributed by atoms with Gasteiger partial charge in [0, 0.05) is 18.8 Å². The van der Waals surface area contributed by atoms with Crippen LogP contribution in [-0.2, 0) is 0 Å². The molecular formula is C16H24N2O3. The number of nitrogens with one attached hydrogen (secondary N) is 1. The molecule has 1 aliphatic heterocycles. The average molecular weight is 292 g/mol. The molecule has 3 N–H and O–H groups in total. The van der Waals surface area contributed by atoms with E-state index in [9.17, 15) is 15.0 Å². The second-order valence-corrected chi connectivity index (χ2v) is 5.79. The van der Waals surface area contributed by atoms with Crippen molar-refractivity contribution in [2.45, 2.75) is 38.9 Å². The molecule has 2 unspecified atom stereocenters. The van der Waals surface area contributed by atoms with Gasteiger partial charge in [0.15, 0.2) is 0 Å². The molecule has 0 spiro atoms. The minimum absolute atomic E-state index is 0.108. The molecule has 0 radical (unpaired) electrons. The van der Waals surface area contributed by atoms with E-state index in [1.807, 2.05) is 6.92 Å². The first-order valence-electron chi connectivity index (χ1n) is 7.49. The fourth-order valence-corrected chi connectivity index (χ4v) is 2.63. The van der Waals surface area contributed by atoms with Gasteiger partial charge in [0.25, 0.3) is 0 Å². The van der Waals surface area contributed by atoms with Crippen LogP contribution in [0.4, 0.5) is 10.5 Å². The Balaban J connectivity index is 1.87. The molecule has 0 aliphatic carbocycles. The standard InChI is InChI=1S/C16H24N2O3/c1-11(19)13-3-5-15(6-4-13)17-16(21)18-9-7-14(8-10-18)12(2)20/h3-6,11-12,14,19-20H,7-10H2,1-2H3,(H,17,21). The highest BCUT2D eigenvalue weighted by Gasteiger charge is 2.25. The summed E-state index contributed by atoms with van der Waals surface area (Å²) in [6.07, 6.45) is 0.871. The predicted octanol–water partition coefficient (Wildman–Crippen LogP) is 2.36. The van der Waals surface area contributed by atoms with Crippen molar-refractivity contribution in [2.75, 3.05) is 18.4 Å². The number of carbonyl (C=O) groups excluding carboxylic acids is 1. The molecule has 1 aromatic rings. The van der Waals surface area contributed by atoms with Gasteiger partial charge in [-0.15, -0.1) is 0 Å². The highest BCUT2D eigenvalue weighted by Crippen LogP contribution is 2.21. The molecule has 1 aliphatic rings. The number of anilines is 1. The number of carbonyl (C=O) groups is 1. The number of nitrogens with zero attached hydrogens (tertiary/aromatic N) is 1. The van der Waals surface area contributed by atoms with E-state index in [1.165, 1.54) is 0 Å². The van der Waals surface area contributed by atoms with Crippen LogP contribution in [0, 0.1) is 5.92 Å². The Morgan fingerprint density at radius 2 is 1.76 bits per heavy atom. The lowest BCUT2D eigenvalue weighted by molar-refractivity contribution is 0.0820. The predicted molar refractivity (Wildman–Crippen MR) is 82.1 cm³/mol. The lowest BCUT2D eigenvalue weighted by Crippen LogP contribution is -2.42. The molecule has 21 heavy (non-hydrogen) atoms. The van der Waals surface area contributed by atoms with Crippen LogP contribution in [0.3, 0.4) is 0 Å². The van der Waals surface area contributed by atoms with Gasteiger partial charge in [-0.2, -0.15) is 0 Å². The second kappa shape index (κ2) is 6.91. The SMILES string of the molecule is CC(O)c1ccc(NC(=O)N2CCC(C(C)O)CC2)cc1. The van der Waals surface area contributed by atoms with Gasteiger partial charge in [-0.1, -0.05) is 12.1 Å². The summed E-state index contributed by atoms with van der Waals surface area (Å²) in [6, 6.07) is 7.09. The van der Waals surface area contributed by atoms with Crippen LogP contribution >= 0.6 is 0 Å². The first-order chi connectivity index (χ1) is 9.97. The van der Waals surface area contributed by atoms with Gasteiger partial charge in [0.05, 0.1) is 12.2 Å². The van der Waals surface area contributed by atoms with E-state index in [0.29, 0.717) is 19.0 Å². The largest absolute Gasteiger partial charge is 0.393 e. The molecule has 116 valence electrons. The summed E-state index contributed by atoms with van der Waals surface area (Å²) in [5, 5.41) is 21.9. The molecule has 0 saturated carbocycles. The molecule has 0 aromatic heterocycles. The fraction of sp³-hybridized carbons (Fsp3) is 0.562. The van der Waals surface area contributed by atoms with Crippen molar-refractivity contribution in [1.82, 2.24) is 4.90 Å². The molecule has 1 aromatic carbocycles. The highest BCUT2D eigenvalue weighted by atomic mass is 16.3. The van der Waals surface area contributed by atoms with E-state index < -0.39 is 6.10 Å². The van der Waals surface area contributed by atoms with E-state index in [0.717, 1.165) is 24.1 Å². The van der Waals surface area contributed by atoms with Gasteiger partial charge in [0.1, 0.15) is 0 Å². The number of aliphatic hydroxyl groups excluding tert-OH is 2. The summed E-state index contributed by atoms with van der Waals surface area (Å²) in [6.45, 7) is 4.87. The molecule has 5 heteroatoms. The normalized spacial score (nSPS) is 19.1. The Kier molecular flexibility index (Phi) is 5.20. The molecule has 2 atom stereocenters. The topological polar surface area (TPSA) is 72.8 Å². The first-order valence-corrected chi connectivity index (χ1v) is 7.49. The third kappa shape index (κ3) is 4.19. The summed E-state index contributed by atoms with van der Waals surface area (Å²) in [4.78, 5) is 13.9. The van der Waals surface area contributed by atoms with Crippen LogP contribution in [0.15, 0.2) is 24.3 Å². The van der Waals surface area contributed by atoms with E-state index in [1.54, 1.807) is 36.1 Å². The molecule has 2 amide bonds. The van der Waals surface area contributed by atoms with Gasteiger partial charge in [-0.3, -0.25) is 0 Å².